The number of halogens is 3. The first-order valence-electron chi connectivity index (χ1n) is 3.61. The quantitative estimate of drug-likeness (QED) is 0.800. The molecule has 0 atom stereocenters. The van der Waals surface area contributed by atoms with Crippen molar-refractivity contribution >= 4 is 39.1 Å². The van der Waals surface area contributed by atoms with E-state index in [1.54, 1.807) is 12.1 Å². The van der Waals surface area contributed by atoms with E-state index in [1.165, 1.54) is 17.6 Å². The van der Waals surface area contributed by atoms with Gasteiger partial charge >= 0.3 is 0 Å². The van der Waals surface area contributed by atoms with E-state index in [9.17, 15) is 4.39 Å². The molecular formula is C8H3BrClFN2S. The number of nitrogens with zero attached hydrogens (tertiary/aromatic N) is 2. The Balaban J connectivity index is 2.47. The summed E-state index contributed by atoms with van der Waals surface area (Å²) in [6.07, 6.45) is 0. The smallest absolute Gasteiger partial charge is 0.206 e. The molecule has 2 rings (SSSR count). The first kappa shape index (κ1) is 10.0. The summed E-state index contributed by atoms with van der Waals surface area (Å²) in [4.78, 5) is 3.98. The van der Waals surface area contributed by atoms with Crippen LogP contribution in [0.15, 0.2) is 22.7 Å². The van der Waals surface area contributed by atoms with Crippen LogP contribution >= 0.6 is 39.1 Å². The highest BCUT2D eigenvalue weighted by molar-refractivity contribution is 9.10. The van der Waals surface area contributed by atoms with Gasteiger partial charge in [-0.25, -0.2) is 9.37 Å². The Kier molecular flexibility index (Phi) is 2.80. The second-order valence-corrected chi connectivity index (χ2v) is 4.44. The summed E-state index contributed by atoms with van der Waals surface area (Å²) in [7, 11) is 0. The summed E-state index contributed by atoms with van der Waals surface area (Å²) >= 11 is 9.86. The first-order chi connectivity index (χ1) is 6.66. The lowest BCUT2D eigenvalue weighted by atomic mass is 10.2. The van der Waals surface area contributed by atoms with Crippen molar-refractivity contribution in [3.63, 3.8) is 0 Å². The monoisotopic (exact) mass is 292 g/mol. The molecule has 0 fully saturated rings. The van der Waals surface area contributed by atoms with E-state index in [0.29, 0.717) is 9.48 Å². The van der Waals surface area contributed by atoms with Crippen molar-refractivity contribution in [3.8, 4) is 10.6 Å². The number of hydrogen-bond acceptors (Lipinski definition) is 3. The summed E-state index contributed by atoms with van der Waals surface area (Å²) in [5.41, 5.74) is 0.794. The molecule has 0 aliphatic carbocycles. The molecule has 0 unspecified atom stereocenters. The van der Waals surface area contributed by atoms with Crippen molar-refractivity contribution in [1.82, 2.24) is 9.36 Å². The molecule has 0 spiro atoms. The van der Waals surface area contributed by atoms with Gasteiger partial charge in [0.1, 0.15) is 10.8 Å². The molecule has 0 amide bonds. The zero-order chi connectivity index (χ0) is 10.1. The lowest BCUT2D eigenvalue weighted by molar-refractivity contribution is 0.621. The number of aromatic nitrogens is 2. The summed E-state index contributed by atoms with van der Waals surface area (Å²) in [5.74, 6) is -0.302. The van der Waals surface area contributed by atoms with Crippen LogP contribution in [0.4, 0.5) is 4.39 Å². The van der Waals surface area contributed by atoms with Gasteiger partial charge in [-0.3, -0.25) is 0 Å². The zero-order valence-electron chi connectivity index (χ0n) is 6.67. The molecule has 72 valence electrons. The molecule has 6 heteroatoms. The van der Waals surface area contributed by atoms with E-state index in [4.69, 9.17) is 11.6 Å². The maximum absolute atomic E-state index is 12.9. The maximum Gasteiger partial charge on any atom is 0.234 e. The standard InChI is InChI=1S/C8H3BrClFN2S/c9-5-3-4(1-2-6(5)11)7-12-8(10)13-14-7/h1-3H. The van der Waals surface area contributed by atoms with Crippen molar-refractivity contribution in [2.45, 2.75) is 0 Å². The fourth-order valence-electron chi connectivity index (χ4n) is 0.952. The van der Waals surface area contributed by atoms with Crippen molar-refractivity contribution in [1.29, 1.82) is 0 Å². The van der Waals surface area contributed by atoms with Gasteiger partial charge in [-0.05, 0) is 57.3 Å². The molecule has 0 bridgehead atoms. The molecule has 1 aromatic carbocycles. The van der Waals surface area contributed by atoms with E-state index < -0.39 is 0 Å². The minimum atomic E-state index is -0.302. The van der Waals surface area contributed by atoms with Crippen molar-refractivity contribution in [3.05, 3.63) is 33.8 Å². The van der Waals surface area contributed by atoms with Crippen molar-refractivity contribution < 1.29 is 4.39 Å². The van der Waals surface area contributed by atoms with Gasteiger partial charge in [0, 0.05) is 5.56 Å². The average molecular weight is 294 g/mol. The van der Waals surface area contributed by atoms with Crippen LogP contribution in [-0.2, 0) is 0 Å². The van der Waals surface area contributed by atoms with Gasteiger partial charge in [-0.2, -0.15) is 4.37 Å². The molecule has 2 aromatic rings. The largest absolute Gasteiger partial charge is 0.234 e. The highest BCUT2D eigenvalue weighted by Crippen LogP contribution is 2.27. The zero-order valence-corrected chi connectivity index (χ0v) is 9.83. The lowest BCUT2D eigenvalue weighted by Crippen LogP contribution is -1.80. The lowest BCUT2D eigenvalue weighted by Gasteiger charge is -1.97. The van der Waals surface area contributed by atoms with Crippen LogP contribution < -0.4 is 0 Å². The Morgan fingerprint density at radius 3 is 2.79 bits per heavy atom. The van der Waals surface area contributed by atoms with E-state index >= 15 is 0 Å². The van der Waals surface area contributed by atoms with Crippen molar-refractivity contribution in [2.75, 3.05) is 0 Å². The Morgan fingerprint density at radius 2 is 2.21 bits per heavy atom. The van der Waals surface area contributed by atoms with Crippen LogP contribution in [0.2, 0.25) is 5.28 Å². The Bertz CT molecular complexity index is 474. The molecule has 0 N–H and O–H groups in total. The Labute approximate surface area is 97.0 Å². The second kappa shape index (κ2) is 3.92. The topological polar surface area (TPSA) is 25.8 Å². The molecule has 1 heterocycles. The van der Waals surface area contributed by atoms with E-state index in [0.717, 1.165) is 5.56 Å². The Morgan fingerprint density at radius 1 is 1.43 bits per heavy atom. The number of rotatable bonds is 1. The van der Waals surface area contributed by atoms with E-state index in [1.807, 2.05) is 0 Å². The van der Waals surface area contributed by atoms with Crippen LogP contribution in [0.3, 0.4) is 0 Å². The third-order valence-corrected chi connectivity index (χ3v) is 3.21. The highest BCUT2D eigenvalue weighted by Gasteiger charge is 2.07. The van der Waals surface area contributed by atoms with E-state index in [-0.39, 0.29) is 11.1 Å². The van der Waals surface area contributed by atoms with Gasteiger partial charge in [-0.1, -0.05) is 0 Å². The summed E-state index contributed by atoms with van der Waals surface area (Å²) < 4.78 is 17.2. The molecule has 14 heavy (non-hydrogen) atoms. The Hall–Kier alpha value is -0.520. The molecule has 0 radical (unpaired) electrons. The molecule has 0 saturated carbocycles. The van der Waals surface area contributed by atoms with Crippen LogP contribution in [0.1, 0.15) is 0 Å². The fourth-order valence-corrected chi connectivity index (χ4v) is 2.13. The third kappa shape index (κ3) is 1.94. The molecule has 0 saturated heterocycles. The maximum atomic E-state index is 12.9. The van der Waals surface area contributed by atoms with Crippen LogP contribution in [0, 0.1) is 5.82 Å². The van der Waals surface area contributed by atoms with Crippen molar-refractivity contribution in [2.24, 2.45) is 0 Å². The molecule has 0 aliphatic heterocycles. The normalized spacial score (nSPS) is 10.5. The molecular weight excluding hydrogens is 291 g/mol. The average Bonchev–Trinajstić information content (AvgIpc) is 2.57. The van der Waals surface area contributed by atoms with Gasteiger partial charge in [0.2, 0.25) is 5.28 Å². The van der Waals surface area contributed by atoms with Gasteiger partial charge < -0.3 is 0 Å². The van der Waals surface area contributed by atoms with Gasteiger partial charge in [0.05, 0.1) is 4.47 Å². The minimum absolute atomic E-state index is 0.213. The van der Waals surface area contributed by atoms with Gasteiger partial charge in [0.15, 0.2) is 0 Å². The highest BCUT2D eigenvalue weighted by atomic mass is 79.9. The molecule has 1 aromatic heterocycles. The van der Waals surface area contributed by atoms with Crippen LogP contribution in [0.25, 0.3) is 10.6 Å². The predicted molar refractivity (Wildman–Crippen MR) is 58.0 cm³/mol. The van der Waals surface area contributed by atoms with Gasteiger partial charge in [0.25, 0.3) is 0 Å². The SMILES string of the molecule is Fc1ccc(-c2nc(Cl)ns2)cc1Br. The van der Waals surface area contributed by atoms with E-state index in [2.05, 4.69) is 25.3 Å². The first-order valence-corrected chi connectivity index (χ1v) is 5.56. The summed E-state index contributed by atoms with van der Waals surface area (Å²) in [5, 5.41) is 0.890. The third-order valence-electron chi connectivity index (χ3n) is 1.57. The predicted octanol–water partition coefficient (Wildman–Crippen LogP) is 3.76. The van der Waals surface area contributed by atoms with Crippen LogP contribution in [-0.4, -0.2) is 9.36 Å². The fraction of sp³-hybridized carbons (Fsp3) is 0. The minimum Gasteiger partial charge on any atom is -0.206 e. The summed E-state index contributed by atoms with van der Waals surface area (Å²) in [6.45, 7) is 0. The number of hydrogen-bond donors (Lipinski definition) is 0. The number of benzene rings is 1. The van der Waals surface area contributed by atoms with Crippen LogP contribution in [0.5, 0.6) is 0 Å². The second-order valence-electron chi connectivity index (χ2n) is 2.50. The molecule has 0 aliphatic rings. The van der Waals surface area contributed by atoms with Gasteiger partial charge in [-0.15, -0.1) is 0 Å². The molecule has 2 nitrogen and oxygen atoms in total. The summed E-state index contributed by atoms with van der Waals surface area (Å²) in [6, 6.07) is 4.65.